The van der Waals surface area contributed by atoms with Crippen molar-refractivity contribution in [1.29, 1.82) is 5.26 Å². The Hall–Kier alpha value is -3.33. The van der Waals surface area contributed by atoms with Gasteiger partial charge in [-0.1, -0.05) is 12.8 Å². The lowest BCUT2D eigenvalue weighted by Gasteiger charge is -2.34. The minimum atomic E-state index is -0.963. The van der Waals surface area contributed by atoms with Crippen LogP contribution >= 0.6 is 0 Å². The first kappa shape index (κ1) is 18.7. The normalized spacial score (nSPS) is 22.7. The van der Waals surface area contributed by atoms with Gasteiger partial charge in [-0.25, -0.2) is 4.79 Å². The first-order valence-electron chi connectivity index (χ1n) is 10.5. The first-order valence-corrected chi connectivity index (χ1v) is 10.5. The minimum absolute atomic E-state index is 0.146. The number of carboxylic acid groups (broad SMARTS) is 1. The van der Waals surface area contributed by atoms with Gasteiger partial charge in [0.25, 0.3) is 0 Å². The molecule has 0 radical (unpaired) electrons. The molecule has 30 heavy (non-hydrogen) atoms. The third-order valence-electron chi connectivity index (χ3n) is 6.66. The molecule has 152 valence electrons. The van der Waals surface area contributed by atoms with E-state index in [1.165, 1.54) is 25.7 Å². The second-order valence-corrected chi connectivity index (χ2v) is 8.41. The lowest BCUT2D eigenvalue weighted by Crippen LogP contribution is -2.43. The van der Waals surface area contributed by atoms with Crippen LogP contribution < -0.4 is 9.75 Å². The van der Waals surface area contributed by atoms with E-state index >= 15 is 0 Å². The lowest BCUT2D eigenvalue weighted by molar-refractivity contribution is 0.0696. The van der Waals surface area contributed by atoms with Crippen LogP contribution in [0.4, 0.5) is 5.69 Å². The first-order chi connectivity index (χ1) is 14.6. The zero-order valence-corrected chi connectivity index (χ0v) is 16.8. The largest absolute Gasteiger partial charge is 0.492 e. The van der Waals surface area contributed by atoms with Gasteiger partial charge >= 0.3 is 5.97 Å². The van der Waals surface area contributed by atoms with Crippen LogP contribution in [0, 0.1) is 30.1 Å². The average Bonchev–Trinajstić information content (AvgIpc) is 3.40. The van der Waals surface area contributed by atoms with E-state index in [1.54, 1.807) is 12.1 Å². The molecule has 1 saturated carbocycles. The molecule has 0 amide bonds. The molecule has 1 aliphatic carbocycles. The number of nitrogens with zero attached hydrogens (tertiary/aromatic N) is 3. The molecule has 0 bridgehead atoms. The second kappa shape index (κ2) is 7.17. The Kier molecular flexibility index (Phi) is 4.47. The third-order valence-corrected chi connectivity index (χ3v) is 6.66. The number of carboxylic acids is 1. The van der Waals surface area contributed by atoms with Gasteiger partial charge in [0.15, 0.2) is 0 Å². The number of ether oxygens (including phenoxy) is 1. The average molecular weight is 401 g/mol. The van der Waals surface area contributed by atoms with Gasteiger partial charge in [0.2, 0.25) is 0 Å². The highest BCUT2D eigenvalue weighted by molar-refractivity contribution is 6.08. The number of hydrogen-bond acceptors (Lipinski definition) is 5. The van der Waals surface area contributed by atoms with Crippen molar-refractivity contribution in [2.45, 2.75) is 38.6 Å². The number of carbonyl (C=O) groups is 1. The van der Waals surface area contributed by atoms with Crippen molar-refractivity contribution < 1.29 is 14.6 Å². The molecule has 1 fully saturated rings. The SMILES string of the molecule is Cc1cc(N2N=C3c4ccc(C(=O)O)cc4OC[C@@H]3[C@@H]2C2CCCC2)ccc1C#N. The molecule has 5 rings (SSSR count). The standard InChI is InChI=1S/C24H23N3O3/c1-14-10-18(8-6-17(14)12-25)27-23(15-4-2-3-5-15)20-13-30-21-11-16(24(28)29)7-9-19(21)22(20)26-27/h6-11,15,20,23H,2-5,13H2,1H3,(H,28,29)/t20-,23-/m0/s1. The quantitative estimate of drug-likeness (QED) is 0.826. The van der Waals surface area contributed by atoms with Crippen molar-refractivity contribution in [1.82, 2.24) is 0 Å². The Labute approximate surface area is 175 Å². The number of hydrogen-bond donors (Lipinski definition) is 1. The summed E-state index contributed by atoms with van der Waals surface area (Å²) in [6.07, 6.45) is 4.84. The maximum Gasteiger partial charge on any atom is 0.335 e. The molecule has 6 heteroatoms. The molecule has 2 aromatic carbocycles. The van der Waals surface area contributed by atoms with E-state index in [-0.39, 0.29) is 17.5 Å². The minimum Gasteiger partial charge on any atom is -0.492 e. The van der Waals surface area contributed by atoms with Crippen LogP contribution in [-0.2, 0) is 0 Å². The van der Waals surface area contributed by atoms with Gasteiger partial charge in [-0.05, 0) is 67.6 Å². The van der Waals surface area contributed by atoms with Crippen molar-refractivity contribution in [3.8, 4) is 11.8 Å². The Morgan fingerprint density at radius 1 is 1.23 bits per heavy atom. The number of fused-ring (bicyclic) bond motifs is 3. The molecule has 3 aliphatic rings. The van der Waals surface area contributed by atoms with Crippen molar-refractivity contribution in [3.05, 3.63) is 58.7 Å². The molecule has 0 aromatic heterocycles. The van der Waals surface area contributed by atoms with E-state index in [2.05, 4.69) is 11.1 Å². The van der Waals surface area contributed by atoms with E-state index in [4.69, 9.17) is 9.84 Å². The smallest absolute Gasteiger partial charge is 0.335 e. The summed E-state index contributed by atoms with van der Waals surface area (Å²) in [6, 6.07) is 13.4. The number of benzene rings is 2. The second-order valence-electron chi connectivity index (χ2n) is 8.41. The zero-order chi connectivity index (χ0) is 20.8. The van der Waals surface area contributed by atoms with Gasteiger partial charge in [-0.3, -0.25) is 5.01 Å². The molecule has 1 N–H and O–H groups in total. The van der Waals surface area contributed by atoms with Crippen molar-refractivity contribution in [2.75, 3.05) is 11.6 Å². The van der Waals surface area contributed by atoms with Crippen LogP contribution in [0.1, 0.15) is 52.7 Å². The number of nitriles is 1. The fourth-order valence-corrected chi connectivity index (χ4v) is 5.16. The lowest BCUT2D eigenvalue weighted by atomic mass is 9.81. The van der Waals surface area contributed by atoms with E-state index in [9.17, 15) is 15.2 Å². The molecule has 0 spiro atoms. The molecule has 2 heterocycles. The summed E-state index contributed by atoms with van der Waals surface area (Å²) >= 11 is 0. The van der Waals surface area contributed by atoms with Crippen molar-refractivity contribution >= 4 is 17.4 Å². The van der Waals surface area contributed by atoms with Gasteiger partial charge in [-0.2, -0.15) is 10.4 Å². The van der Waals surface area contributed by atoms with Gasteiger partial charge in [0.1, 0.15) is 5.75 Å². The van der Waals surface area contributed by atoms with Crippen LogP contribution in [0.2, 0.25) is 0 Å². The molecule has 0 saturated heterocycles. The summed E-state index contributed by atoms with van der Waals surface area (Å²) in [7, 11) is 0. The van der Waals surface area contributed by atoms with E-state index in [0.717, 1.165) is 22.5 Å². The van der Waals surface area contributed by atoms with Crippen LogP contribution in [0.3, 0.4) is 0 Å². The number of aromatic carboxylic acids is 1. The molecule has 6 nitrogen and oxygen atoms in total. The van der Waals surface area contributed by atoms with Crippen LogP contribution in [0.15, 0.2) is 41.5 Å². The molecule has 2 aromatic rings. The Morgan fingerprint density at radius 2 is 2.03 bits per heavy atom. The molecule has 2 atom stereocenters. The van der Waals surface area contributed by atoms with Gasteiger partial charge < -0.3 is 9.84 Å². The van der Waals surface area contributed by atoms with E-state index in [0.29, 0.717) is 23.8 Å². The monoisotopic (exact) mass is 401 g/mol. The highest BCUT2D eigenvalue weighted by atomic mass is 16.5. The molecule has 0 unspecified atom stereocenters. The number of aryl methyl sites for hydroxylation is 1. The summed E-state index contributed by atoms with van der Waals surface area (Å²) in [4.78, 5) is 11.3. The number of anilines is 1. The summed E-state index contributed by atoms with van der Waals surface area (Å²) in [5, 5.41) is 25.8. The topological polar surface area (TPSA) is 85.9 Å². The Bertz CT molecular complexity index is 1100. The third kappa shape index (κ3) is 2.93. The molecule has 2 aliphatic heterocycles. The maximum absolute atomic E-state index is 11.3. The highest BCUT2D eigenvalue weighted by Gasteiger charge is 2.46. The van der Waals surface area contributed by atoms with E-state index < -0.39 is 5.97 Å². The predicted molar refractivity (Wildman–Crippen MR) is 113 cm³/mol. The fourth-order valence-electron chi connectivity index (χ4n) is 5.16. The number of rotatable bonds is 3. The summed E-state index contributed by atoms with van der Waals surface area (Å²) in [6.45, 7) is 2.45. The molecular formula is C24H23N3O3. The maximum atomic E-state index is 11.3. The summed E-state index contributed by atoms with van der Waals surface area (Å²) in [5.41, 5.74) is 4.69. The van der Waals surface area contributed by atoms with Crippen LogP contribution in [0.25, 0.3) is 0 Å². The van der Waals surface area contributed by atoms with Crippen LogP contribution in [-0.4, -0.2) is 29.4 Å². The zero-order valence-electron chi connectivity index (χ0n) is 16.8. The van der Waals surface area contributed by atoms with Gasteiger partial charge in [0.05, 0.1) is 47.2 Å². The van der Waals surface area contributed by atoms with Crippen molar-refractivity contribution in [3.63, 3.8) is 0 Å². The highest BCUT2D eigenvalue weighted by Crippen LogP contribution is 2.44. The van der Waals surface area contributed by atoms with Gasteiger partial charge in [-0.15, -0.1) is 0 Å². The van der Waals surface area contributed by atoms with E-state index in [1.807, 2.05) is 31.2 Å². The fraction of sp³-hybridized carbons (Fsp3) is 0.375. The Balaban J connectivity index is 1.59. The Morgan fingerprint density at radius 3 is 2.73 bits per heavy atom. The number of hydrazone groups is 1. The van der Waals surface area contributed by atoms with Gasteiger partial charge in [0, 0.05) is 5.56 Å². The van der Waals surface area contributed by atoms with Crippen LogP contribution in [0.5, 0.6) is 5.75 Å². The summed E-state index contributed by atoms with van der Waals surface area (Å²) in [5.74, 6) is 0.311. The predicted octanol–water partition coefficient (Wildman–Crippen LogP) is 4.36. The summed E-state index contributed by atoms with van der Waals surface area (Å²) < 4.78 is 6.05. The molecular weight excluding hydrogens is 378 g/mol. The van der Waals surface area contributed by atoms with Crippen molar-refractivity contribution in [2.24, 2.45) is 16.9 Å².